The van der Waals surface area contributed by atoms with Crippen molar-refractivity contribution < 1.29 is 28.6 Å². The number of carbonyl (C=O) groups excluding carboxylic acids is 1. The highest BCUT2D eigenvalue weighted by atomic mass is 16.7. The molecule has 0 radical (unpaired) electrons. The van der Waals surface area contributed by atoms with Gasteiger partial charge in [0.2, 0.25) is 0 Å². The smallest absolute Gasteiger partial charge is 0.251 e. The lowest BCUT2D eigenvalue weighted by atomic mass is 9.94. The van der Waals surface area contributed by atoms with Gasteiger partial charge in [0.05, 0.1) is 45.6 Å². The largest absolute Gasteiger partial charge is 0.382 e. The Morgan fingerprint density at radius 2 is 1.86 bits per heavy atom. The molecule has 0 heterocycles. The third kappa shape index (κ3) is 10.5. The molecule has 0 fully saturated rings. The van der Waals surface area contributed by atoms with Crippen molar-refractivity contribution in [1.82, 2.24) is 5.06 Å². The molecule has 0 aromatic heterocycles. The molecule has 0 aliphatic carbocycles. The fourth-order valence-corrected chi connectivity index (χ4v) is 2.67. The minimum atomic E-state index is -0.378. The van der Waals surface area contributed by atoms with Crippen LogP contribution in [-0.4, -0.2) is 65.0 Å². The van der Waals surface area contributed by atoms with Crippen LogP contribution in [0.15, 0.2) is 42.5 Å². The van der Waals surface area contributed by atoms with E-state index in [1.165, 1.54) is 12.2 Å². The lowest BCUT2D eigenvalue weighted by molar-refractivity contribution is -0.182. The lowest BCUT2D eigenvalue weighted by Gasteiger charge is -2.27. The van der Waals surface area contributed by atoms with Crippen LogP contribution in [0.1, 0.15) is 25.3 Å². The minimum Gasteiger partial charge on any atom is -0.382 e. The van der Waals surface area contributed by atoms with E-state index in [1.807, 2.05) is 37.3 Å². The van der Waals surface area contributed by atoms with Gasteiger partial charge in [0.25, 0.3) is 5.91 Å². The molecule has 1 aromatic carbocycles. The van der Waals surface area contributed by atoms with Gasteiger partial charge in [-0.2, -0.15) is 0 Å². The molecule has 0 aliphatic heterocycles. The first-order chi connectivity index (χ1) is 14.0. The maximum absolute atomic E-state index is 12.7. The summed E-state index contributed by atoms with van der Waals surface area (Å²) in [6.07, 6.45) is 0.904. The predicted molar refractivity (Wildman–Crippen MR) is 111 cm³/mol. The Bertz CT molecular complexity index is 580. The Morgan fingerprint density at radius 3 is 2.52 bits per heavy atom. The summed E-state index contributed by atoms with van der Waals surface area (Å²) in [5, 5.41) is 1.23. The van der Waals surface area contributed by atoms with Crippen LogP contribution >= 0.6 is 0 Å². The molecule has 1 amide bonds. The number of rotatable bonds is 16. The maximum Gasteiger partial charge on any atom is 0.251 e. The standard InChI is InChI=1S/C22H35NO6/c1-18(15-28-16-20-9-7-6-8-10-20)11-12-21(22(24)23(3)26-5)19(2)29-17-27-14-13-25-4/h6-10,19,21H,1,11-17H2,2-5H3/t19-,21+/m1/s1. The van der Waals surface area contributed by atoms with Crippen molar-refractivity contribution in [3.05, 3.63) is 48.0 Å². The van der Waals surface area contributed by atoms with Crippen molar-refractivity contribution in [3.63, 3.8) is 0 Å². The van der Waals surface area contributed by atoms with Gasteiger partial charge < -0.3 is 18.9 Å². The predicted octanol–water partition coefficient (Wildman–Crippen LogP) is 3.20. The Balaban J connectivity index is 2.46. The average molecular weight is 410 g/mol. The quantitative estimate of drug-likeness (QED) is 0.181. The van der Waals surface area contributed by atoms with E-state index in [9.17, 15) is 4.79 Å². The number of carbonyl (C=O) groups is 1. The molecule has 1 aromatic rings. The molecule has 0 saturated heterocycles. The molecule has 29 heavy (non-hydrogen) atoms. The number of nitrogens with zero attached hydrogens (tertiary/aromatic N) is 1. The van der Waals surface area contributed by atoms with Gasteiger partial charge in [-0.05, 0) is 25.3 Å². The minimum absolute atomic E-state index is 0.103. The van der Waals surface area contributed by atoms with Crippen LogP contribution < -0.4 is 0 Å². The normalized spacial score (nSPS) is 13.1. The first-order valence-electron chi connectivity index (χ1n) is 9.77. The molecular formula is C22H35NO6. The number of hydrogen-bond acceptors (Lipinski definition) is 6. The zero-order valence-electron chi connectivity index (χ0n) is 18.1. The molecule has 7 heteroatoms. The van der Waals surface area contributed by atoms with Crippen molar-refractivity contribution in [1.29, 1.82) is 0 Å². The van der Waals surface area contributed by atoms with Gasteiger partial charge in [0.1, 0.15) is 6.79 Å². The second-order valence-corrected chi connectivity index (χ2v) is 6.78. The summed E-state index contributed by atoms with van der Waals surface area (Å²) in [7, 11) is 4.66. The fourth-order valence-electron chi connectivity index (χ4n) is 2.67. The van der Waals surface area contributed by atoms with Crippen molar-refractivity contribution in [2.75, 3.05) is 47.9 Å². The molecule has 0 bridgehead atoms. The summed E-state index contributed by atoms with van der Waals surface area (Å²) in [5.41, 5.74) is 2.05. The number of amides is 1. The van der Waals surface area contributed by atoms with E-state index in [2.05, 4.69) is 6.58 Å². The van der Waals surface area contributed by atoms with Gasteiger partial charge in [0.15, 0.2) is 0 Å². The highest BCUT2D eigenvalue weighted by molar-refractivity contribution is 5.78. The zero-order valence-corrected chi connectivity index (χ0v) is 18.1. The van der Waals surface area contributed by atoms with Crippen LogP contribution in [0.2, 0.25) is 0 Å². The average Bonchev–Trinajstić information content (AvgIpc) is 2.73. The SMILES string of the molecule is C=C(CC[C@H](C(=O)N(C)OC)[C@@H](C)OCOCCOC)COCc1ccccc1. The van der Waals surface area contributed by atoms with Crippen molar-refractivity contribution in [2.24, 2.45) is 5.92 Å². The molecule has 0 saturated carbocycles. The molecule has 0 N–H and O–H groups in total. The van der Waals surface area contributed by atoms with Crippen LogP contribution in [0.4, 0.5) is 0 Å². The van der Waals surface area contributed by atoms with Gasteiger partial charge in [0, 0.05) is 14.2 Å². The molecule has 7 nitrogen and oxygen atoms in total. The van der Waals surface area contributed by atoms with Crippen LogP contribution in [0.5, 0.6) is 0 Å². The number of methoxy groups -OCH3 is 1. The summed E-state index contributed by atoms with van der Waals surface area (Å²) >= 11 is 0. The zero-order chi connectivity index (χ0) is 21.5. The molecular weight excluding hydrogens is 374 g/mol. The Hall–Kier alpha value is -1.77. The van der Waals surface area contributed by atoms with Crippen LogP contribution in [0, 0.1) is 5.92 Å². The molecule has 0 aliphatic rings. The Morgan fingerprint density at radius 1 is 1.14 bits per heavy atom. The van der Waals surface area contributed by atoms with E-state index in [0.717, 1.165) is 11.1 Å². The van der Waals surface area contributed by atoms with Crippen LogP contribution in [0.3, 0.4) is 0 Å². The van der Waals surface area contributed by atoms with Crippen molar-refractivity contribution in [3.8, 4) is 0 Å². The summed E-state index contributed by atoms with van der Waals surface area (Å²) in [5.74, 6) is -0.522. The molecule has 164 valence electrons. The summed E-state index contributed by atoms with van der Waals surface area (Å²) < 4.78 is 21.7. The van der Waals surface area contributed by atoms with E-state index in [-0.39, 0.29) is 24.7 Å². The molecule has 1 rings (SSSR count). The van der Waals surface area contributed by atoms with E-state index in [1.54, 1.807) is 14.2 Å². The monoisotopic (exact) mass is 409 g/mol. The lowest BCUT2D eigenvalue weighted by Crippen LogP contribution is -2.38. The van der Waals surface area contributed by atoms with Crippen LogP contribution in [-0.2, 0) is 35.2 Å². The Kier molecular flexibility index (Phi) is 13.2. The van der Waals surface area contributed by atoms with Crippen molar-refractivity contribution in [2.45, 2.75) is 32.5 Å². The topological polar surface area (TPSA) is 66.5 Å². The number of hydroxylamine groups is 2. The third-order valence-corrected chi connectivity index (χ3v) is 4.54. The Labute approximate surface area is 174 Å². The number of hydrogen-bond donors (Lipinski definition) is 0. The molecule has 2 atom stereocenters. The first kappa shape index (κ1) is 25.3. The summed E-state index contributed by atoms with van der Waals surface area (Å²) in [4.78, 5) is 17.7. The van der Waals surface area contributed by atoms with E-state index in [4.69, 9.17) is 23.8 Å². The van der Waals surface area contributed by atoms with Crippen LogP contribution in [0.25, 0.3) is 0 Å². The fraction of sp³-hybridized carbons (Fsp3) is 0.591. The highest BCUT2D eigenvalue weighted by Gasteiger charge is 2.28. The number of benzene rings is 1. The maximum atomic E-state index is 12.7. The van der Waals surface area contributed by atoms with Gasteiger partial charge >= 0.3 is 0 Å². The van der Waals surface area contributed by atoms with Gasteiger partial charge in [-0.15, -0.1) is 0 Å². The van der Waals surface area contributed by atoms with E-state index < -0.39 is 0 Å². The molecule has 0 unspecified atom stereocenters. The summed E-state index contributed by atoms with van der Waals surface area (Å²) in [6, 6.07) is 9.98. The summed E-state index contributed by atoms with van der Waals surface area (Å²) in [6.45, 7) is 7.96. The van der Waals surface area contributed by atoms with Gasteiger partial charge in [-0.1, -0.05) is 42.5 Å². The van der Waals surface area contributed by atoms with E-state index in [0.29, 0.717) is 39.3 Å². The van der Waals surface area contributed by atoms with Gasteiger partial charge in [-0.3, -0.25) is 9.63 Å². The van der Waals surface area contributed by atoms with E-state index >= 15 is 0 Å². The second-order valence-electron chi connectivity index (χ2n) is 6.78. The first-order valence-corrected chi connectivity index (χ1v) is 9.77. The van der Waals surface area contributed by atoms with Crippen molar-refractivity contribution >= 4 is 5.91 Å². The third-order valence-electron chi connectivity index (χ3n) is 4.54. The molecule has 0 spiro atoms. The second kappa shape index (κ2) is 15.1. The highest BCUT2D eigenvalue weighted by Crippen LogP contribution is 2.20. The van der Waals surface area contributed by atoms with Gasteiger partial charge in [-0.25, -0.2) is 5.06 Å². The number of ether oxygens (including phenoxy) is 4.